The molecule has 0 atom stereocenters. The van der Waals surface area contributed by atoms with E-state index in [-0.39, 0.29) is 11.3 Å². The normalized spacial score (nSPS) is 13.4. The topological polar surface area (TPSA) is 104 Å². The van der Waals surface area contributed by atoms with E-state index in [1.54, 1.807) is 29.5 Å². The summed E-state index contributed by atoms with van der Waals surface area (Å²) >= 11 is 1.59. The van der Waals surface area contributed by atoms with Gasteiger partial charge in [-0.2, -0.15) is 0 Å². The molecule has 1 aromatic carbocycles. The fourth-order valence-corrected chi connectivity index (χ4v) is 4.63. The van der Waals surface area contributed by atoms with Crippen molar-refractivity contribution in [3.8, 4) is 22.9 Å². The summed E-state index contributed by atoms with van der Waals surface area (Å²) in [4.78, 5) is 32.8. The predicted molar refractivity (Wildman–Crippen MR) is 99.4 cm³/mol. The van der Waals surface area contributed by atoms with Crippen molar-refractivity contribution in [2.75, 3.05) is 13.7 Å². The zero-order valence-corrected chi connectivity index (χ0v) is 15.5. The Kier molecular flexibility index (Phi) is 4.57. The average Bonchev–Trinajstić information content (AvgIpc) is 3.05. The van der Waals surface area contributed by atoms with Crippen molar-refractivity contribution >= 4 is 27.5 Å². The number of carbonyl (C=O) groups is 1. The third kappa shape index (κ3) is 3.28. The molecule has 27 heavy (non-hydrogen) atoms. The molecule has 2 heterocycles. The summed E-state index contributed by atoms with van der Waals surface area (Å²) in [7, 11) is 1.46. The first-order valence-corrected chi connectivity index (χ1v) is 9.44. The summed E-state index contributed by atoms with van der Waals surface area (Å²) in [5, 5.41) is 11.3. The van der Waals surface area contributed by atoms with Crippen molar-refractivity contribution in [2.45, 2.75) is 25.7 Å². The number of aromatic nitrogens is 2. The molecule has 0 unspecified atom stereocenters. The lowest BCUT2D eigenvalue weighted by Gasteiger charge is -2.12. The lowest BCUT2D eigenvalue weighted by Crippen LogP contribution is -2.29. The number of thiophene rings is 1. The summed E-state index contributed by atoms with van der Waals surface area (Å²) < 4.78 is 10.4. The molecular weight excluding hydrogens is 368 g/mol. The number of rotatable bonds is 5. The molecule has 0 fully saturated rings. The number of carboxylic acid groups (broad SMARTS) is 1. The van der Waals surface area contributed by atoms with Gasteiger partial charge in [-0.3, -0.25) is 4.79 Å². The number of fused-ring (bicyclic) bond motifs is 3. The first-order chi connectivity index (χ1) is 13.1. The molecule has 0 amide bonds. The van der Waals surface area contributed by atoms with Crippen LogP contribution in [0.25, 0.3) is 21.6 Å². The number of nitrogens with zero attached hydrogens (tertiary/aromatic N) is 1. The quantitative estimate of drug-likeness (QED) is 0.716. The minimum Gasteiger partial charge on any atom is -0.546 e. The fourth-order valence-electron chi connectivity index (χ4n) is 3.37. The number of methoxy groups -OCH3 is 1. The highest BCUT2D eigenvalue weighted by Crippen LogP contribution is 2.35. The molecule has 3 aromatic rings. The Hall–Kier alpha value is -2.87. The van der Waals surface area contributed by atoms with Crippen LogP contribution in [0.2, 0.25) is 0 Å². The third-order valence-electron chi connectivity index (χ3n) is 4.61. The van der Waals surface area contributed by atoms with Crippen LogP contribution in [0.4, 0.5) is 0 Å². The highest BCUT2D eigenvalue weighted by Gasteiger charge is 2.20. The Balaban J connectivity index is 1.76. The van der Waals surface area contributed by atoms with Gasteiger partial charge in [-0.15, -0.1) is 11.3 Å². The van der Waals surface area contributed by atoms with Crippen molar-refractivity contribution in [2.24, 2.45) is 0 Å². The molecule has 4 rings (SSSR count). The van der Waals surface area contributed by atoms with Crippen LogP contribution in [0, 0.1) is 0 Å². The predicted octanol–water partition coefficient (Wildman–Crippen LogP) is 1.67. The SMILES string of the molecule is COc1cc(-c2nc3sc4c(c3c(=O)[nH]2)CCCC4)ccc1OCC(=O)[O-]. The lowest BCUT2D eigenvalue weighted by atomic mass is 9.97. The van der Waals surface area contributed by atoms with Crippen LogP contribution >= 0.6 is 11.3 Å². The Morgan fingerprint density at radius 2 is 2.11 bits per heavy atom. The average molecular weight is 385 g/mol. The van der Waals surface area contributed by atoms with E-state index in [4.69, 9.17) is 9.47 Å². The Morgan fingerprint density at radius 1 is 1.30 bits per heavy atom. The van der Waals surface area contributed by atoms with Gasteiger partial charge in [-0.1, -0.05) is 0 Å². The van der Waals surface area contributed by atoms with E-state index in [1.165, 1.54) is 12.0 Å². The molecule has 1 aliphatic carbocycles. The highest BCUT2D eigenvalue weighted by molar-refractivity contribution is 7.18. The van der Waals surface area contributed by atoms with Crippen molar-refractivity contribution in [1.82, 2.24) is 9.97 Å². The number of hydrogen-bond acceptors (Lipinski definition) is 7. The van der Waals surface area contributed by atoms with Crippen LogP contribution < -0.4 is 20.1 Å². The molecule has 0 saturated heterocycles. The van der Waals surface area contributed by atoms with E-state index in [9.17, 15) is 14.7 Å². The number of ether oxygens (including phenoxy) is 2. The second kappa shape index (κ2) is 7.03. The van der Waals surface area contributed by atoms with Crippen LogP contribution in [-0.2, 0) is 17.6 Å². The van der Waals surface area contributed by atoms with Crippen LogP contribution in [0.15, 0.2) is 23.0 Å². The van der Waals surface area contributed by atoms with Gasteiger partial charge in [0.1, 0.15) is 17.3 Å². The molecule has 0 saturated carbocycles. The van der Waals surface area contributed by atoms with Gasteiger partial charge in [0.15, 0.2) is 11.5 Å². The molecule has 2 aromatic heterocycles. The van der Waals surface area contributed by atoms with Crippen molar-refractivity contribution < 1.29 is 19.4 Å². The first-order valence-electron chi connectivity index (χ1n) is 8.62. The van der Waals surface area contributed by atoms with E-state index in [1.807, 2.05) is 0 Å². The number of aliphatic carboxylic acids is 1. The van der Waals surface area contributed by atoms with Gasteiger partial charge in [-0.05, 0) is 49.4 Å². The standard InChI is InChI=1S/C19H18N2O5S/c1-25-13-8-10(6-7-12(13)26-9-15(22)23)17-20-18(24)16-11-4-2-3-5-14(11)27-19(16)21-17/h6-8H,2-5,9H2,1H3,(H,22,23)(H,20,21,24)/p-1. The Morgan fingerprint density at radius 3 is 2.89 bits per heavy atom. The summed E-state index contributed by atoms with van der Waals surface area (Å²) in [6.45, 7) is -0.572. The number of H-pyrrole nitrogens is 1. The molecular formula is C19H17N2O5S-. The number of carboxylic acids is 1. The maximum Gasteiger partial charge on any atom is 0.260 e. The molecule has 0 spiro atoms. The maximum atomic E-state index is 12.7. The number of benzene rings is 1. The van der Waals surface area contributed by atoms with Crippen molar-refractivity contribution in [3.05, 3.63) is 39.0 Å². The van der Waals surface area contributed by atoms with Gasteiger partial charge >= 0.3 is 0 Å². The molecule has 8 heteroatoms. The third-order valence-corrected chi connectivity index (χ3v) is 5.79. The van der Waals surface area contributed by atoms with Gasteiger partial charge in [0.25, 0.3) is 5.56 Å². The molecule has 0 radical (unpaired) electrons. The largest absolute Gasteiger partial charge is 0.546 e. The summed E-state index contributed by atoms with van der Waals surface area (Å²) in [5.74, 6) is -0.252. The molecule has 0 bridgehead atoms. The fraction of sp³-hybridized carbons (Fsp3) is 0.316. The zero-order valence-electron chi connectivity index (χ0n) is 14.7. The monoisotopic (exact) mass is 385 g/mol. The van der Waals surface area contributed by atoms with Crippen LogP contribution in [0.1, 0.15) is 23.3 Å². The summed E-state index contributed by atoms with van der Waals surface area (Å²) in [5.41, 5.74) is 1.66. The van der Waals surface area contributed by atoms with Crippen LogP contribution in [-0.4, -0.2) is 29.7 Å². The van der Waals surface area contributed by atoms with Gasteiger partial charge in [-0.25, -0.2) is 4.98 Å². The Labute approximate surface area is 158 Å². The minimum absolute atomic E-state index is 0.134. The lowest BCUT2D eigenvalue weighted by molar-refractivity contribution is -0.307. The van der Waals surface area contributed by atoms with E-state index in [0.29, 0.717) is 22.5 Å². The smallest absolute Gasteiger partial charge is 0.260 e. The zero-order chi connectivity index (χ0) is 19.0. The van der Waals surface area contributed by atoms with Crippen molar-refractivity contribution in [3.63, 3.8) is 0 Å². The van der Waals surface area contributed by atoms with E-state index in [2.05, 4.69) is 9.97 Å². The maximum absolute atomic E-state index is 12.7. The van der Waals surface area contributed by atoms with Gasteiger partial charge in [0.05, 0.1) is 18.5 Å². The molecule has 7 nitrogen and oxygen atoms in total. The second-order valence-corrected chi connectivity index (χ2v) is 7.42. The number of hydrogen-bond donors (Lipinski definition) is 1. The summed E-state index contributed by atoms with van der Waals surface area (Å²) in [6.07, 6.45) is 4.18. The van der Waals surface area contributed by atoms with Gasteiger partial charge in [0.2, 0.25) is 0 Å². The van der Waals surface area contributed by atoms with Gasteiger partial charge in [0, 0.05) is 10.4 Å². The van der Waals surface area contributed by atoms with E-state index >= 15 is 0 Å². The first kappa shape index (κ1) is 17.5. The molecule has 0 aliphatic heterocycles. The Bertz CT molecular complexity index is 1090. The van der Waals surface area contributed by atoms with Crippen molar-refractivity contribution in [1.29, 1.82) is 0 Å². The number of aryl methyl sites for hydroxylation is 2. The van der Waals surface area contributed by atoms with E-state index in [0.717, 1.165) is 36.1 Å². The number of carbonyl (C=O) groups excluding carboxylic acids is 1. The highest BCUT2D eigenvalue weighted by atomic mass is 32.1. The van der Waals surface area contributed by atoms with Gasteiger partial charge < -0.3 is 24.4 Å². The minimum atomic E-state index is -1.32. The molecule has 1 aliphatic rings. The molecule has 1 N–H and O–H groups in total. The second-order valence-electron chi connectivity index (χ2n) is 6.33. The van der Waals surface area contributed by atoms with Crippen LogP contribution in [0.3, 0.4) is 0 Å². The summed E-state index contributed by atoms with van der Waals surface area (Å²) in [6, 6.07) is 4.94. The number of nitrogens with one attached hydrogen (secondary N) is 1. The van der Waals surface area contributed by atoms with E-state index < -0.39 is 12.6 Å². The van der Waals surface area contributed by atoms with Crippen LogP contribution in [0.5, 0.6) is 11.5 Å². The number of aromatic amines is 1. The molecule has 140 valence electrons.